The number of allylic oxidation sites excluding steroid dienone is 4. The average molecular weight is 632 g/mol. The number of primary amides is 1. The van der Waals surface area contributed by atoms with Crippen molar-refractivity contribution in [3.63, 3.8) is 0 Å². The number of aliphatic carboxylic acids is 1. The van der Waals surface area contributed by atoms with Crippen LogP contribution in [0.15, 0.2) is 28.8 Å². The number of Topliss-reactive ketones (excluding diaryl/α,β-unsaturated/α-hetero) is 1. The van der Waals surface area contributed by atoms with Crippen LogP contribution in [-0.2, 0) is 25.6 Å². The maximum absolute atomic E-state index is 12.4. The molecule has 0 unspecified atom stereocenters. The maximum Gasteiger partial charge on any atom is 0.326 e. The van der Waals surface area contributed by atoms with Crippen molar-refractivity contribution < 1.29 is 34.1 Å². The van der Waals surface area contributed by atoms with Crippen molar-refractivity contribution in [2.75, 3.05) is 13.2 Å². The lowest BCUT2D eigenvalue weighted by atomic mass is 9.61. The van der Waals surface area contributed by atoms with Crippen molar-refractivity contribution in [3.8, 4) is 11.5 Å². The Labute approximate surface area is 264 Å². The van der Waals surface area contributed by atoms with Gasteiger partial charge in [0.2, 0.25) is 5.91 Å². The number of aliphatic imine (C=N–C) groups is 1. The molecule has 10 nitrogen and oxygen atoms in total. The van der Waals surface area contributed by atoms with E-state index >= 15 is 0 Å². The summed E-state index contributed by atoms with van der Waals surface area (Å²) in [6.07, 6.45) is 10.6. The van der Waals surface area contributed by atoms with Crippen LogP contribution in [0.1, 0.15) is 83.4 Å². The zero-order valence-corrected chi connectivity index (χ0v) is 27.3. The van der Waals surface area contributed by atoms with Crippen molar-refractivity contribution in [3.05, 3.63) is 45.5 Å². The normalized spacial score (nSPS) is 21.5. The number of carbonyl (C=O) groups is 4. The molecule has 0 heterocycles. The molecule has 44 heavy (non-hydrogen) atoms. The highest BCUT2D eigenvalue weighted by molar-refractivity contribution is 6.33. The van der Waals surface area contributed by atoms with Gasteiger partial charge in [0.15, 0.2) is 6.61 Å². The second-order valence-corrected chi connectivity index (χ2v) is 12.2. The quantitative estimate of drug-likeness (QED) is 0.119. The summed E-state index contributed by atoms with van der Waals surface area (Å²) in [5.74, 6) is -1.57. The van der Waals surface area contributed by atoms with Gasteiger partial charge in [-0.15, -0.1) is 0 Å². The molecule has 1 fully saturated rings. The highest BCUT2D eigenvalue weighted by Gasteiger charge is 2.41. The molecule has 0 spiro atoms. The van der Waals surface area contributed by atoms with E-state index < -0.39 is 30.4 Å². The van der Waals surface area contributed by atoms with Crippen LogP contribution < -0.4 is 15.8 Å². The van der Waals surface area contributed by atoms with E-state index in [9.17, 15) is 29.4 Å². The van der Waals surface area contributed by atoms with Crippen LogP contribution in [0, 0.1) is 24.2 Å². The number of aromatic hydroxyl groups is 1. The molecule has 11 heteroatoms. The van der Waals surface area contributed by atoms with E-state index in [0.29, 0.717) is 48.4 Å². The van der Waals surface area contributed by atoms with Gasteiger partial charge in [0.05, 0.1) is 5.02 Å². The predicted molar refractivity (Wildman–Crippen MR) is 171 cm³/mol. The van der Waals surface area contributed by atoms with E-state index in [1.165, 1.54) is 13.1 Å². The van der Waals surface area contributed by atoms with Crippen molar-refractivity contribution in [1.29, 1.82) is 0 Å². The third kappa shape index (κ3) is 9.67. The van der Waals surface area contributed by atoms with Gasteiger partial charge in [0.25, 0.3) is 5.91 Å². The first kappa shape index (κ1) is 36.5. The molecule has 0 bridgehead atoms. The van der Waals surface area contributed by atoms with Crippen molar-refractivity contribution in [2.45, 2.75) is 86.1 Å². The zero-order chi connectivity index (χ0) is 33.2. The number of hydrogen-bond acceptors (Lipinski definition) is 7. The van der Waals surface area contributed by atoms with Crippen LogP contribution in [0.5, 0.6) is 11.5 Å². The number of hydrogen-bond donors (Lipinski definition) is 4. The van der Waals surface area contributed by atoms with Crippen LogP contribution in [0.25, 0.3) is 0 Å². The number of carboxylic acids is 1. The number of ketones is 1. The number of carbonyl (C=O) groups excluding carboxylic acids is 3. The number of amides is 2. The second-order valence-electron chi connectivity index (χ2n) is 11.9. The Morgan fingerprint density at radius 2 is 1.93 bits per heavy atom. The number of ether oxygens (including phenoxy) is 1. The number of halogens is 1. The SMILES string of the molecule is CC(=O)N[C@@H](CCCCN=Cc1c(C)c(Cl)c(OCC(N)=O)c(C/C=C(C)/C=C/[C@@]2(C)[C@H](C)CCC(=O)[C@@H]2C)c1O)C(=O)O. The van der Waals surface area contributed by atoms with Crippen LogP contribution in [0.2, 0.25) is 5.02 Å². The first-order chi connectivity index (χ1) is 20.6. The monoisotopic (exact) mass is 631 g/mol. The molecular formula is C33H46ClN3O7. The van der Waals surface area contributed by atoms with Gasteiger partial charge in [-0.1, -0.05) is 56.2 Å². The average Bonchev–Trinajstić information content (AvgIpc) is 2.95. The molecule has 1 aliphatic carbocycles. The summed E-state index contributed by atoms with van der Waals surface area (Å²) in [5.41, 5.74) is 7.22. The Kier molecular flexibility index (Phi) is 13.6. The van der Waals surface area contributed by atoms with E-state index in [0.717, 1.165) is 12.0 Å². The lowest BCUT2D eigenvalue weighted by Gasteiger charge is -2.42. The Bertz CT molecular complexity index is 1340. The molecule has 1 aliphatic rings. The Morgan fingerprint density at radius 3 is 2.55 bits per heavy atom. The van der Waals surface area contributed by atoms with Crippen LogP contribution in [0.4, 0.5) is 0 Å². The fraction of sp³-hybridized carbons (Fsp3) is 0.545. The van der Waals surface area contributed by atoms with E-state index in [2.05, 4.69) is 30.2 Å². The molecular weight excluding hydrogens is 586 g/mol. The van der Waals surface area contributed by atoms with E-state index in [1.807, 2.05) is 26.0 Å². The second kappa shape index (κ2) is 16.4. The number of unbranched alkanes of at least 4 members (excludes halogenated alkanes) is 1. The van der Waals surface area contributed by atoms with Crippen molar-refractivity contribution in [2.24, 2.45) is 28.0 Å². The maximum atomic E-state index is 12.4. The largest absolute Gasteiger partial charge is 0.507 e. The number of nitrogens with zero attached hydrogens (tertiary/aromatic N) is 1. The summed E-state index contributed by atoms with van der Waals surface area (Å²) in [5, 5.41) is 23.2. The number of nitrogens with one attached hydrogen (secondary N) is 1. The summed E-state index contributed by atoms with van der Waals surface area (Å²) >= 11 is 6.66. The first-order valence-electron chi connectivity index (χ1n) is 14.9. The summed E-state index contributed by atoms with van der Waals surface area (Å²) < 4.78 is 5.64. The fourth-order valence-corrected chi connectivity index (χ4v) is 5.60. The van der Waals surface area contributed by atoms with Gasteiger partial charge in [0.1, 0.15) is 23.3 Å². The molecule has 0 saturated heterocycles. The number of nitrogens with two attached hydrogens (primary N) is 1. The number of carboxylic acid groups (broad SMARTS) is 1. The van der Waals surface area contributed by atoms with Gasteiger partial charge in [-0.05, 0) is 62.8 Å². The lowest BCUT2D eigenvalue weighted by molar-refractivity contribution is -0.141. The zero-order valence-electron chi connectivity index (χ0n) is 26.5. The molecule has 1 aromatic carbocycles. The van der Waals surface area contributed by atoms with Crippen molar-refractivity contribution >= 4 is 41.4 Å². The van der Waals surface area contributed by atoms with Gasteiger partial charge in [0, 0.05) is 43.1 Å². The molecule has 1 aromatic rings. The summed E-state index contributed by atoms with van der Waals surface area (Å²) in [6, 6.07) is -0.955. The molecule has 0 radical (unpaired) electrons. The fourth-order valence-electron chi connectivity index (χ4n) is 5.33. The number of rotatable bonds is 15. The number of phenolic OH excluding ortho intramolecular Hbond substituents is 1. The topological polar surface area (TPSA) is 168 Å². The number of benzene rings is 1. The van der Waals surface area contributed by atoms with Gasteiger partial charge in [-0.25, -0.2) is 4.79 Å². The summed E-state index contributed by atoms with van der Waals surface area (Å²) in [4.78, 5) is 50.8. The molecule has 0 aliphatic heterocycles. The first-order valence-corrected chi connectivity index (χ1v) is 15.3. The van der Waals surface area contributed by atoms with Crippen LogP contribution >= 0.6 is 11.6 Å². The lowest BCUT2D eigenvalue weighted by Crippen LogP contribution is -2.40. The molecule has 2 amide bonds. The molecule has 4 atom stereocenters. The van der Waals surface area contributed by atoms with Crippen LogP contribution in [-0.4, -0.2) is 59.2 Å². The minimum Gasteiger partial charge on any atom is -0.507 e. The minimum absolute atomic E-state index is 0.0818. The van der Waals surface area contributed by atoms with Gasteiger partial charge in [-0.3, -0.25) is 19.4 Å². The smallest absolute Gasteiger partial charge is 0.326 e. The third-order valence-electron chi connectivity index (χ3n) is 8.67. The Morgan fingerprint density at radius 1 is 1.25 bits per heavy atom. The minimum atomic E-state index is -1.09. The third-order valence-corrected chi connectivity index (χ3v) is 9.12. The highest BCUT2D eigenvalue weighted by atomic mass is 35.5. The Hall–Kier alpha value is -3.66. The molecule has 0 aromatic heterocycles. The molecule has 1 saturated carbocycles. The van der Waals surface area contributed by atoms with E-state index in [4.69, 9.17) is 22.1 Å². The van der Waals surface area contributed by atoms with E-state index in [-0.39, 0.29) is 46.5 Å². The van der Waals surface area contributed by atoms with E-state index in [1.54, 1.807) is 6.92 Å². The number of phenols is 1. The summed E-state index contributed by atoms with van der Waals surface area (Å²) in [6.45, 7) is 11.1. The van der Waals surface area contributed by atoms with Gasteiger partial charge in [-0.2, -0.15) is 0 Å². The molecule has 2 rings (SSSR count). The standard InChI is InChI=1S/C33H46ClN3O7/c1-19(14-15-33(6)20(2)11-13-27(39)22(33)4)10-12-24-30(41)25(21(3)29(34)31(24)44-18-28(35)40)17-36-16-8-7-9-26(32(42)43)37-23(5)38/h10,14-15,17,20,22,26,41H,7-9,11-13,16,18H2,1-6H3,(H2,35,40)(H,37,38)(H,42,43)/b15-14+,19-10+,36-17?/t20-,22+,26+,33+/m1/s1. The van der Waals surface area contributed by atoms with Gasteiger partial charge < -0.3 is 26.0 Å². The van der Waals surface area contributed by atoms with Crippen molar-refractivity contribution in [1.82, 2.24) is 5.32 Å². The predicted octanol–water partition coefficient (Wildman–Crippen LogP) is 5.08. The van der Waals surface area contributed by atoms with Gasteiger partial charge >= 0.3 is 5.97 Å². The summed E-state index contributed by atoms with van der Waals surface area (Å²) in [7, 11) is 0. The molecule has 242 valence electrons. The highest BCUT2D eigenvalue weighted by Crippen LogP contribution is 2.45. The Balaban J connectivity index is 2.28. The molecule has 5 N–H and O–H groups in total. The van der Waals surface area contributed by atoms with Crippen LogP contribution in [0.3, 0.4) is 0 Å².